The zero-order valence-electron chi connectivity index (χ0n) is 19.1. The fourth-order valence-corrected chi connectivity index (χ4v) is 4.33. The molecule has 0 saturated heterocycles. The number of anilines is 1. The molecule has 1 amide bonds. The number of methoxy groups -OCH3 is 1. The van der Waals surface area contributed by atoms with Crippen LogP contribution >= 0.6 is 0 Å². The second-order valence-corrected chi connectivity index (χ2v) is 8.30. The van der Waals surface area contributed by atoms with E-state index in [1.165, 1.54) is 0 Å². The van der Waals surface area contributed by atoms with Crippen LogP contribution in [0.25, 0.3) is 21.7 Å². The number of benzene rings is 3. The standard InChI is InChI=1S/C28H25N3O3/c1-30-16-15-23-25(8-5-9-26(23)30)29-27(32)24-18-31(28(33)22-7-4-3-6-21(22)24)17-14-19-10-12-20(34-2)13-11-19/h3-13,15-16,18H,14,17H2,1-2H3,(H,29,32). The Morgan fingerprint density at radius 1 is 0.912 bits per heavy atom. The minimum Gasteiger partial charge on any atom is -0.497 e. The Kier molecular flexibility index (Phi) is 5.64. The maximum atomic E-state index is 13.4. The van der Waals surface area contributed by atoms with E-state index in [0.29, 0.717) is 29.3 Å². The van der Waals surface area contributed by atoms with E-state index in [2.05, 4.69) is 5.32 Å². The van der Waals surface area contributed by atoms with Crippen LogP contribution < -0.4 is 15.6 Å². The first-order valence-electron chi connectivity index (χ1n) is 11.2. The van der Waals surface area contributed by atoms with Gasteiger partial charge in [-0.25, -0.2) is 0 Å². The summed E-state index contributed by atoms with van der Waals surface area (Å²) in [5.74, 6) is 0.546. The Hall–Kier alpha value is -4.32. The van der Waals surface area contributed by atoms with Gasteiger partial charge in [-0.1, -0.05) is 36.4 Å². The molecule has 2 heterocycles. The Morgan fingerprint density at radius 3 is 2.44 bits per heavy atom. The zero-order valence-corrected chi connectivity index (χ0v) is 19.1. The third-order valence-electron chi connectivity index (χ3n) is 6.21. The Labute approximate surface area is 197 Å². The van der Waals surface area contributed by atoms with Crippen LogP contribution in [0.3, 0.4) is 0 Å². The maximum Gasteiger partial charge on any atom is 0.258 e. The van der Waals surface area contributed by atoms with Crippen molar-refractivity contribution in [2.75, 3.05) is 12.4 Å². The molecule has 6 heteroatoms. The fourth-order valence-electron chi connectivity index (χ4n) is 4.33. The number of hydrogen-bond acceptors (Lipinski definition) is 3. The summed E-state index contributed by atoms with van der Waals surface area (Å²) in [4.78, 5) is 26.6. The van der Waals surface area contributed by atoms with E-state index in [-0.39, 0.29) is 11.5 Å². The van der Waals surface area contributed by atoms with Crippen molar-refractivity contribution in [1.29, 1.82) is 0 Å². The molecule has 170 valence electrons. The van der Waals surface area contributed by atoms with Crippen molar-refractivity contribution in [3.8, 4) is 5.75 Å². The lowest BCUT2D eigenvalue weighted by Gasteiger charge is -2.13. The first-order valence-corrected chi connectivity index (χ1v) is 11.2. The first kappa shape index (κ1) is 21.5. The van der Waals surface area contributed by atoms with Gasteiger partial charge in [-0.3, -0.25) is 9.59 Å². The molecule has 1 N–H and O–H groups in total. The minimum atomic E-state index is -0.245. The van der Waals surface area contributed by atoms with Gasteiger partial charge in [-0.2, -0.15) is 0 Å². The second kappa shape index (κ2) is 8.90. The highest BCUT2D eigenvalue weighted by Gasteiger charge is 2.16. The predicted octanol–water partition coefficient (Wildman–Crippen LogP) is 5.00. The monoisotopic (exact) mass is 451 g/mol. The van der Waals surface area contributed by atoms with Gasteiger partial charge in [0.05, 0.1) is 18.4 Å². The number of nitrogens with one attached hydrogen (secondary N) is 1. The summed E-state index contributed by atoms with van der Waals surface area (Å²) in [6, 6.07) is 22.9. The molecule has 0 aliphatic heterocycles. The summed E-state index contributed by atoms with van der Waals surface area (Å²) in [7, 11) is 3.61. The lowest BCUT2D eigenvalue weighted by atomic mass is 10.1. The van der Waals surface area contributed by atoms with Crippen molar-refractivity contribution in [3.63, 3.8) is 0 Å². The van der Waals surface area contributed by atoms with E-state index in [0.717, 1.165) is 27.9 Å². The molecule has 2 aromatic heterocycles. The van der Waals surface area contributed by atoms with Crippen molar-refractivity contribution >= 4 is 33.3 Å². The first-order chi connectivity index (χ1) is 16.5. The molecule has 0 aliphatic rings. The molecular formula is C28H25N3O3. The highest BCUT2D eigenvalue weighted by atomic mass is 16.5. The van der Waals surface area contributed by atoms with Crippen molar-refractivity contribution < 1.29 is 9.53 Å². The van der Waals surface area contributed by atoms with Crippen molar-refractivity contribution in [1.82, 2.24) is 9.13 Å². The number of pyridine rings is 1. The van der Waals surface area contributed by atoms with Crippen LogP contribution in [0.15, 0.2) is 90.0 Å². The molecule has 3 aromatic carbocycles. The molecule has 0 aliphatic carbocycles. The van der Waals surface area contributed by atoms with Gasteiger partial charge in [-0.15, -0.1) is 0 Å². The predicted molar refractivity (Wildman–Crippen MR) is 136 cm³/mol. The Balaban J connectivity index is 1.50. The SMILES string of the molecule is COc1ccc(CCn2cc(C(=O)Nc3cccc4c3ccn4C)c3ccccc3c2=O)cc1. The summed E-state index contributed by atoms with van der Waals surface area (Å²) in [5, 5.41) is 5.20. The van der Waals surface area contributed by atoms with Gasteiger partial charge < -0.3 is 19.2 Å². The van der Waals surface area contributed by atoms with Crippen LogP contribution in [0.4, 0.5) is 5.69 Å². The number of nitrogens with zero attached hydrogens (tertiary/aromatic N) is 2. The van der Waals surface area contributed by atoms with Gasteiger partial charge in [0, 0.05) is 47.7 Å². The van der Waals surface area contributed by atoms with E-state index < -0.39 is 0 Å². The average Bonchev–Trinajstić information content (AvgIpc) is 3.25. The van der Waals surface area contributed by atoms with Crippen molar-refractivity contribution in [2.24, 2.45) is 7.05 Å². The zero-order chi connectivity index (χ0) is 23.7. The number of rotatable bonds is 6. The lowest BCUT2D eigenvalue weighted by molar-refractivity contribution is 0.102. The summed E-state index contributed by atoms with van der Waals surface area (Å²) in [5.41, 5.74) is 3.22. The average molecular weight is 452 g/mol. The molecular weight excluding hydrogens is 426 g/mol. The number of fused-ring (bicyclic) bond motifs is 2. The minimum absolute atomic E-state index is 0.106. The molecule has 0 radical (unpaired) electrons. The van der Waals surface area contributed by atoms with Crippen molar-refractivity contribution in [3.05, 3.63) is 107 Å². The quantitative estimate of drug-likeness (QED) is 0.395. The molecule has 0 fully saturated rings. The summed E-state index contributed by atoms with van der Waals surface area (Å²) < 4.78 is 8.86. The van der Waals surface area contributed by atoms with Crippen molar-refractivity contribution in [2.45, 2.75) is 13.0 Å². The molecule has 0 saturated carbocycles. The highest BCUT2D eigenvalue weighted by molar-refractivity contribution is 6.14. The van der Waals surface area contributed by atoms with Crippen LogP contribution in [0, 0.1) is 0 Å². The third kappa shape index (κ3) is 3.94. The van der Waals surface area contributed by atoms with Crippen LogP contribution in [0.2, 0.25) is 0 Å². The largest absolute Gasteiger partial charge is 0.497 e. The van der Waals surface area contributed by atoms with Gasteiger partial charge in [0.25, 0.3) is 11.5 Å². The molecule has 6 nitrogen and oxygen atoms in total. The number of hydrogen-bond donors (Lipinski definition) is 1. The van der Waals surface area contributed by atoms with Gasteiger partial charge in [0.15, 0.2) is 0 Å². The van der Waals surface area contributed by atoms with E-state index in [1.807, 2.05) is 84.5 Å². The van der Waals surface area contributed by atoms with Gasteiger partial charge >= 0.3 is 0 Å². The summed E-state index contributed by atoms with van der Waals surface area (Å²) >= 11 is 0. The van der Waals surface area contributed by atoms with Crippen LogP contribution in [-0.4, -0.2) is 22.2 Å². The Morgan fingerprint density at radius 2 is 1.68 bits per heavy atom. The molecule has 0 atom stereocenters. The third-order valence-corrected chi connectivity index (χ3v) is 6.21. The molecule has 5 aromatic rings. The summed E-state index contributed by atoms with van der Waals surface area (Å²) in [6.07, 6.45) is 4.30. The smallest absolute Gasteiger partial charge is 0.258 e. The van der Waals surface area contributed by atoms with Crippen LogP contribution in [0.5, 0.6) is 5.75 Å². The topological polar surface area (TPSA) is 65.3 Å². The number of aromatic nitrogens is 2. The molecule has 5 rings (SSSR count). The number of carbonyl (C=O) groups excluding carboxylic acids is 1. The van der Waals surface area contributed by atoms with Crippen LogP contribution in [0.1, 0.15) is 15.9 Å². The molecule has 0 spiro atoms. The molecule has 34 heavy (non-hydrogen) atoms. The van der Waals surface area contributed by atoms with E-state index in [1.54, 1.807) is 23.9 Å². The number of ether oxygens (including phenoxy) is 1. The van der Waals surface area contributed by atoms with E-state index >= 15 is 0 Å². The second-order valence-electron chi connectivity index (χ2n) is 8.30. The fraction of sp³-hybridized carbons (Fsp3) is 0.143. The van der Waals surface area contributed by atoms with Gasteiger partial charge in [-0.05, 0) is 48.4 Å². The highest BCUT2D eigenvalue weighted by Crippen LogP contribution is 2.25. The van der Waals surface area contributed by atoms with Gasteiger partial charge in [0.2, 0.25) is 0 Å². The van der Waals surface area contributed by atoms with Crippen LogP contribution in [-0.2, 0) is 20.0 Å². The molecule has 0 bridgehead atoms. The summed E-state index contributed by atoms with van der Waals surface area (Å²) in [6.45, 7) is 0.463. The lowest BCUT2D eigenvalue weighted by Crippen LogP contribution is -2.24. The number of aryl methyl sites for hydroxylation is 3. The Bertz CT molecular complexity index is 1560. The van der Waals surface area contributed by atoms with Gasteiger partial charge in [0.1, 0.15) is 5.75 Å². The van der Waals surface area contributed by atoms with E-state index in [4.69, 9.17) is 4.74 Å². The van der Waals surface area contributed by atoms with E-state index in [9.17, 15) is 9.59 Å². The maximum absolute atomic E-state index is 13.4. The number of carbonyl (C=O) groups is 1. The molecule has 0 unspecified atom stereocenters. The normalized spacial score (nSPS) is 11.1. The number of amides is 1.